The van der Waals surface area contributed by atoms with Gasteiger partial charge in [0.15, 0.2) is 0 Å². The van der Waals surface area contributed by atoms with E-state index in [0.717, 1.165) is 6.54 Å². The molecular weight excluding hydrogens is 254 g/mol. The maximum Gasteiger partial charge on any atom is 0.0589 e. The van der Waals surface area contributed by atoms with Crippen molar-refractivity contribution in [1.29, 1.82) is 0 Å². The summed E-state index contributed by atoms with van der Waals surface area (Å²) in [5.41, 5.74) is 7.29. The molecule has 1 heteroatoms. The third-order valence-electron chi connectivity index (χ3n) is 4.76. The molecule has 2 aromatic carbocycles. The molecule has 1 N–H and O–H groups in total. The summed E-state index contributed by atoms with van der Waals surface area (Å²) in [6, 6.07) is 18.0. The average Bonchev–Trinajstić information content (AvgIpc) is 3.15. The molecule has 2 aromatic rings. The summed E-state index contributed by atoms with van der Waals surface area (Å²) in [6.45, 7) is 1.07. The van der Waals surface area contributed by atoms with Gasteiger partial charge in [-0.15, -0.1) is 0 Å². The van der Waals surface area contributed by atoms with Crippen LogP contribution in [-0.4, -0.2) is 6.54 Å². The van der Waals surface area contributed by atoms with Crippen molar-refractivity contribution in [1.82, 2.24) is 5.32 Å². The molecule has 2 aliphatic carbocycles. The Morgan fingerprint density at radius 1 is 0.905 bits per heavy atom. The van der Waals surface area contributed by atoms with Crippen LogP contribution in [0.3, 0.4) is 0 Å². The predicted octanol–water partition coefficient (Wildman–Crippen LogP) is 4.85. The zero-order chi connectivity index (χ0) is 14.1. The van der Waals surface area contributed by atoms with E-state index in [4.69, 9.17) is 0 Å². The highest BCUT2D eigenvalue weighted by molar-refractivity contribution is 5.78. The van der Waals surface area contributed by atoms with Gasteiger partial charge in [0.05, 0.1) is 6.04 Å². The van der Waals surface area contributed by atoms with Gasteiger partial charge in [-0.25, -0.2) is 0 Å². The van der Waals surface area contributed by atoms with Crippen molar-refractivity contribution in [2.45, 2.75) is 31.7 Å². The lowest BCUT2D eigenvalue weighted by Crippen LogP contribution is -2.22. The van der Waals surface area contributed by atoms with E-state index in [1.807, 2.05) is 0 Å². The minimum Gasteiger partial charge on any atom is -0.306 e. The number of fused-ring (bicyclic) bond motifs is 3. The van der Waals surface area contributed by atoms with E-state index in [-0.39, 0.29) is 0 Å². The lowest BCUT2D eigenvalue weighted by molar-refractivity contribution is 0.610. The van der Waals surface area contributed by atoms with Crippen LogP contribution in [0.25, 0.3) is 11.1 Å². The minimum atomic E-state index is 0.361. The normalized spacial score (nSPS) is 16.7. The first kappa shape index (κ1) is 12.8. The van der Waals surface area contributed by atoms with Crippen LogP contribution in [0.1, 0.15) is 42.9 Å². The van der Waals surface area contributed by atoms with Gasteiger partial charge in [-0.1, -0.05) is 60.2 Å². The summed E-state index contributed by atoms with van der Waals surface area (Å²) < 4.78 is 0. The number of allylic oxidation sites excluding steroid dienone is 1. The zero-order valence-corrected chi connectivity index (χ0v) is 12.3. The second-order valence-electron chi connectivity index (χ2n) is 6.07. The van der Waals surface area contributed by atoms with E-state index in [1.54, 1.807) is 5.57 Å². The van der Waals surface area contributed by atoms with Gasteiger partial charge in [0.1, 0.15) is 0 Å². The highest BCUT2D eigenvalue weighted by Gasteiger charge is 2.27. The lowest BCUT2D eigenvalue weighted by Gasteiger charge is -2.16. The highest BCUT2D eigenvalue weighted by atomic mass is 14.9. The smallest absolute Gasteiger partial charge is 0.0589 e. The van der Waals surface area contributed by atoms with Crippen molar-refractivity contribution in [2.75, 3.05) is 6.54 Å². The van der Waals surface area contributed by atoms with E-state index in [1.165, 1.54) is 47.9 Å². The molecule has 21 heavy (non-hydrogen) atoms. The van der Waals surface area contributed by atoms with E-state index < -0.39 is 0 Å². The fourth-order valence-electron chi connectivity index (χ4n) is 3.72. The van der Waals surface area contributed by atoms with E-state index in [9.17, 15) is 0 Å². The lowest BCUT2D eigenvalue weighted by atomic mass is 10.0. The molecule has 0 saturated heterocycles. The molecule has 0 heterocycles. The molecule has 0 bridgehead atoms. The zero-order valence-electron chi connectivity index (χ0n) is 12.3. The van der Waals surface area contributed by atoms with Gasteiger partial charge in [0.25, 0.3) is 0 Å². The van der Waals surface area contributed by atoms with Crippen LogP contribution in [0, 0.1) is 0 Å². The second kappa shape index (κ2) is 5.50. The standard InChI is InChI=1S/C20H21N/c1-2-8-15(7-1)13-14-21-20-18-11-5-3-9-16(18)17-10-4-6-12-19(17)20/h3-7,9-12,20-21H,1-2,8,13-14H2. The molecule has 106 valence electrons. The maximum absolute atomic E-state index is 3.78. The van der Waals surface area contributed by atoms with Gasteiger partial charge in [-0.2, -0.15) is 0 Å². The summed E-state index contributed by atoms with van der Waals surface area (Å²) in [6.07, 6.45) is 7.56. The Morgan fingerprint density at radius 3 is 2.19 bits per heavy atom. The van der Waals surface area contributed by atoms with Crippen molar-refractivity contribution in [3.63, 3.8) is 0 Å². The Morgan fingerprint density at radius 2 is 1.57 bits per heavy atom. The molecule has 0 atom stereocenters. The Labute approximate surface area is 126 Å². The summed E-state index contributed by atoms with van der Waals surface area (Å²) >= 11 is 0. The summed E-state index contributed by atoms with van der Waals surface area (Å²) in [5.74, 6) is 0. The molecule has 0 radical (unpaired) electrons. The molecule has 2 aliphatic rings. The highest BCUT2D eigenvalue weighted by Crippen LogP contribution is 2.42. The number of benzene rings is 2. The van der Waals surface area contributed by atoms with Crippen LogP contribution in [-0.2, 0) is 0 Å². The summed E-state index contributed by atoms with van der Waals surface area (Å²) in [7, 11) is 0. The Balaban J connectivity index is 1.56. The van der Waals surface area contributed by atoms with E-state index in [0.29, 0.717) is 6.04 Å². The fourth-order valence-corrected chi connectivity index (χ4v) is 3.72. The van der Waals surface area contributed by atoms with Gasteiger partial charge in [-0.3, -0.25) is 0 Å². The predicted molar refractivity (Wildman–Crippen MR) is 88.3 cm³/mol. The van der Waals surface area contributed by atoms with Crippen LogP contribution in [0.15, 0.2) is 60.2 Å². The summed E-state index contributed by atoms with van der Waals surface area (Å²) in [5, 5.41) is 3.78. The minimum absolute atomic E-state index is 0.361. The second-order valence-corrected chi connectivity index (χ2v) is 6.07. The van der Waals surface area contributed by atoms with Crippen LogP contribution in [0.4, 0.5) is 0 Å². The van der Waals surface area contributed by atoms with Crippen molar-refractivity contribution in [3.8, 4) is 11.1 Å². The van der Waals surface area contributed by atoms with E-state index >= 15 is 0 Å². The molecule has 0 unspecified atom stereocenters. The average molecular weight is 275 g/mol. The molecule has 4 rings (SSSR count). The molecule has 0 spiro atoms. The van der Waals surface area contributed by atoms with Gasteiger partial charge < -0.3 is 5.32 Å². The first-order valence-electron chi connectivity index (χ1n) is 8.03. The van der Waals surface area contributed by atoms with Crippen LogP contribution >= 0.6 is 0 Å². The number of hydrogen-bond donors (Lipinski definition) is 1. The van der Waals surface area contributed by atoms with Crippen LogP contribution < -0.4 is 5.32 Å². The van der Waals surface area contributed by atoms with Crippen molar-refractivity contribution < 1.29 is 0 Å². The first-order valence-corrected chi connectivity index (χ1v) is 8.03. The number of nitrogens with one attached hydrogen (secondary N) is 1. The quantitative estimate of drug-likeness (QED) is 0.787. The van der Waals surface area contributed by atoms with E-state index in [2.05, 4.69) is 59.9 Å². The Kier molecular flexibility index (Phi) is 3.36. The molecule has 0 amide bonds. The molecular formula is C20H21N. The molecule has 0 aromatic heterocycles. The van der Waals surface area contributed by atoms with Gasteiger partial charge in [0.2, 0.25) is 0 Å². The molecule has 1 nitrogen and oxygen atoms in total. The number of rotatable bonds is 4. The van der Waals surface area contributed by atoms with Crippen LogP contribution in [0.2, 0.25) is 0 Å². The first-order chi connectivity index (χ1) is 10.4. The third kappa shape index (κ3) is 2.32. The van der Waals surface area contributed by atoms with Crippen LogP contribution in [0.5, 0.6) is 0 Å². The molecule has 0 fully saturated rings. The van der Waals surface area contributed by atoms with Gasteiger partial charge in [0, 0.05) is 0 Å². The van der Waals surface area contributed by atoms with Crippen molar-refractivity contribution in [3.05, 3.63) is 71.3 Å². The fraction of sp³-hybridized carbons (Fsp3) is 0.300. The monoisotopic (exact) mass is 275 g/mol. The summed E-state index contributed by atoms with van der Waals surface area (Å²) in [4.78, 5) is 0. The molecule has 0 aliphatic heterocycles. The topological polar surface area (TPSA) is 12.0 Å². The SMILES string of the molecule is C1=C(CCNC2c3ccccc3-c3ccccc32)CCC1. The number of hydrogen-bond acceptors (Lipinski definition) is 1. The van der Waals surface area contributed by atoms with Crippen molar-refractivity contribution >= 4 is 0 Å². The Hall–Kier alpha value is -1.86. The molecule has 0 saturated carbocycles. The van der Waals surface area contributed by atoms with Gasteiger partial charge >= 0.3 is 0 Å². The maximum atomic E-state index is 3.78. The third-order valence-corrected chi connectivity index (χ3v) is 4.76. The van der Waals surface area contributed by atoms with Crippen molar-refractivity contribution in [2.24, 2.45) is 0 Å². The van der Waals surface area contributed by atoms with Gasteiger partial charge in [-0.05, 0) is 54.5 Å². The largest absolute Gasteiger partial charge is 0.306 e. The Bertz CT molecular complexity index is 638.